The van der Waals surface area contributed by atoms with Crippen LogP contribution in [0.15, 0.2) is 48.7 Å². The van der Waals surface area contributed by atoms with Crippen LogP contribution in [-0.2, 0) is 6.54 Å². The van der Waals surface area contributed by atoms with E-state index in [1.54, 1.807) is 13.3 Å². The molecule has 2 aliphatic heterocycles. The summed E-state index contributed by atoms with van der Waals surface area (Å²) in [5.41, 5.74) is 2.18. The minimum Gasteiger partial charge on any atom is -0.495 e. The normalized spacial score (nSPS) is 16.8. The number of hydrogen-bond donors (Lipinski definition) is 0. The van der Waals surface area contributed by atoms with Gasteiger partial charge in [-0.1, -0.05) is 12.1 Å². The summed E-state index contributed by atoms with van der Waals surface area (Å²) in [5, 5.41) is 0.982. The molecule has 0 unspecified atom stereocenters. The van der Waals surface area contributed by atoms with Crippen LogP contribution in [0.25, 0.3) is 10.9 Å². The van der Waals surface area contributed by atoms with Crippen molar-refractivity contribution in [2.24, 2.45) is 0 Å². The van der Waals surface area contributed by atoms with Gasteiger partial charge in [0.05, 0.1) is 18.8 Å². The number of hydrogen-bond acceptors (Lipinski definition) is 7. The Morgan fingerprint density at radius 1 is 0.938 bits per heavy atom. The van der Waals surface area contributed by atoms with Crippen molar-refractivity contribution in [2.45, 2.75) is 6.54 Å². The summed E-state index contributed by atoms with van der Waals surface area (Å²) >= 11 is 0. The highest BCUT2D eigenvalue weighted by atomic mass is 16.6. The number of piperazine rings is 1. The highest BCUT2D eigenvalue weighted by Crippen LogP contribution is 2.31. The number of ether oxygens (including phenoxy) is 4. The average molecular weight is 436 g/mol. The van der Waals surface area contributed by atoms with Gasteiger partial charge in [0.15, 0.2) is 11.5 Å². The molecule has 0 amide bonds. The molecule has 0 radical (unpaired) electrons. The Morgan fingerprint density at radius 3 is 2.59 bits per heavy atom. The van der Waals surface area contributed by atoms with Gasteiger partial charge in [0.2, 0.25) is 0 Å². The molecule has 0 aliphatic carbocycles. The van der Waals surface area contributed by atoms with Crippen LogP contribution in [0.4, 0.5) is 0 Å². The maximum atomic E-state index is 6.12. The Balaban J connectivity index is 1.10. The quantitative estimate of drug-likeness (QED) is 0.565. The minimum absolute atomic E-state index is 0.625. The zero-order valence-corrected chi connectivity index (χ0v) is 18.5. The van der Waals surface area contributed by atoms with Crippen LogP contribution >= 0.6 is 0 Å². The molecule has 7 heteroatoms. The maximum absolute atomic E-state index is 6.12. The number of methoxy groups -OCH3 is 1. The molecule has 5 rings (SSSR count). The molecule has 7 nitrogen and oxygen atoms in total. The van der Waals surface area contributed by atoms with Gasteiger partial charge in [0.25, 0.3) is 0 Å². The second kappa shape index (κ2) is 9.63. The number of nitrogens with zero attached hydrogens (tertiary/aromatic N) is 3. The van der Waals surface area contributed by atoms with E-state index in [9.17, 15) is 0 Å². The molecule has 0 N–H and O–H groups in total. The van der Waals surface area contributed by atoms with Crippen molar-refractivity contribution in [1.82, 2.24) is 14.8 Å². The van der Waals surface area contributed by atoms with E-state index in [1.807, 2.05) is 30.3 Å². The number of rotatable bonds is 7. The van der Waals surface area contributed by atoms with E-state index in [4.69, 9.17) is 18.9 Å². The molecule has 168 valence electrons. The molecular weight excluding hydrogens is 406 g/mol. The average Bonchev–Trinajstić information content (AvgIpc) is 2.85. The van der Waals surface area contributed by atoms with Gasteiger partial charge < -0.3 is 18.9 Å². The molecule has 3 aromatic rings. The van der Waals surface area contributed by atoms with Crippen molar-refractivity contribution in [3.63, 3.8) is 0 Å². The van der Waals surface area contributed by atoms with Gasteiger partial charge in [-0.25, -0.2) is 0 Å². The van der Waals surface area contributed by atoms with Crippen LogP contribution in [0, 0.1) is 0 Å². The maximum Gasteiger partial charge on any atom is 0.161 e. The highest BCUT2D eigenvalue weighted by molar-refractivity contribution is 5.86. The Kier molecular flexibility index (Phi) is 6.27. The second-order valence-electron chi connectivity index (χ2n) is 8.14. The molecule has 3 heterocycles. The fraction of sp³-hybridized carbons (Fsp3) is 0.400. The Morgan fingerprint density at radius 2 is 1.75 bits per heavy atom. The molecular formula is C25H29N3O4. The minimum atomic E-state index is 0.625. The fourth-order valence-corrected chi connectivity index (χ4v) is 4.24. The van der Waals surface area contributed by atoms with Gasteiger partial charge >= 0.3 is 0 Å². The van der Waals surface area contributed by atoms with Crippen molar-refractivity contribution >= 4 is 10.9 Å². The smallest absolute Gasteiger partial charge is 0.161 e. The lowest BCUT2D eigenvalue weighted by atomic mass is 10.1. The molecule has 1 aromatic heterocycles. The molecule has 1 fully saturated rings. The molecule has 2 aromatic carbocycles. The van der Waals surface area contributed by atoms with Gasteiger partial charge in [-0.15, -0.1) is 0 Å². The molecule has 0 saturated carbocycles. The lowest BCUT2D eigenvalue weighted by molar-refractivity contribution is 0.112. The summed E-state index contributed by atoms with van der Waals surface area (Å²) in [4.78, 5) is 9.40. The highest BCUT2D eigenvalue weighted by Gasteiger charge is 2.18. The zero-order valence-electron chi connectivity index (χ0n) is 18.5. The van der Waals surface area contributed by atoms with E-state index >= 15 is 0 Å². The third kappa shape index (κ3) is 4.74. The van der Waals surface area contributed by atoms with E-state index in [-0.39, 0.29) is 0 Å². The summed E-state index contributed by atoms with van der Waals surface area (Å²) in [5.74, 6) is 3.31. The van der Waals surface area contributed by atoms with Crippen LogP contribution in [0.5, 0.6) is 23.0 Å². The van der Waals surface area contributed by atoms with E-state index in [2.05, 4.69) is 26.9 Å². The summed E-state index contributed by atoms with van der Waals surface area (Å²) in [7, 11) is 1.65. The number of fused-ring (bicyclic) bond motifs is 2. The first-order valence-corrected chi connectivity index (χ1v) is 11.2. The number of pyridine rings is 1. The van der Waals surface area contributed by atoms with Crippen molar-refractivity contribution in [1.29, 1.82) is 0 Å². The third-order valence-electron chi connectivity index (χ3n) is 6.04. The summed E-state index contributed by atoms with van der Waals surface area (Å²) in [6, 6.07) is 14.2. The SMILES string of the molecule is COc1cnc2cccc(OCCN3CCN(Cc4ccc5c(c4)OCCO5)CC3)c2c1. The van der Waals surface area contributed by atoms with Gasteiger partial charge in [-0.2, -0.15) is 0 Å². The van der Waals surface area contributed by atoms with Gasteiger partial charge in [-0.05, 0) is 35.9 Å². The van der Waals surface area contributed by atoms with Gasteiger partial charge in [0.1, 0.15) is 31.3 Å². The summed E-state index contributed by atoms with van der Waals surface area (Å²) in [6.45, 7) is 7.92. The van der Waals surface area contributed by atoms with E-state index in [0.717, 1.165) is 73.2 Å². The molecule has 2 aliphatic rings. The van der Waals surface area contributed by atoms with Crippen LogP contribution in [0.3, 0.4) is 0 Å². The van der Waals surface area contributed by atoms with E-state index < -0.39 is 0 Å². The van der Waals surface area contributed by atoms with Crippen molar-refractivity contribution in [3.8, 4) is 23.0 Å². The van der Waals surface area contributed by atoms with E-state index in [0.29, 0.717) is 19.8 Å². The lowest BCUT2D eigenvalue weighted by Gasteiger charge is -2.34. The third-order valence-corrected chi connectivity index (χ3v) is 6.04. The van der Waals surface area contributed by atoms with Crippen molar-refractivity contribution < 1.29 is 18.9 Å². The monoisotopic (exact) mass is 435 g/mol. The van der Waals surface area contributed by atoms with Crippen LogP contribution < -0.4 is 18.9 Å². The summed E-state index contributed by atoms with van der Waals surface area (Å²) in [6.07, 6.45) is 1.73. The summed E-state index contributed by atoms with van der Waals surface area (Å²) < 4.78 is 22.8. The molecule has 0 bridgehead atoms. The Bertz CT molecular complexity index is 1070. The molecule has 0 spiro atoms. The van der Waals surface area contributed by atoms with Crippen LogP contribution in [-0.4, -0.2) is 74.4 Å². The molecule has 0 atom stereocenters. The number of benzene rings is 2. The van der Waals surface area contributed by atoms with Crippen molar-refractivity contribution in [2.75, 3.05) is 59.7 Å². The first-order valence-electron chi connectivity index (χ1n) is 11.2. The Hall–Kier alpha value is -3.03. The standard InChI is InChI=1S/C25H29N3O4/c1-29-20-16-21-22(26-17-20)3-2-4-23(21)30-12-11-27-7-9-28(10-8-27)18-19-5-6-24-25(15-19)32-14-13-31-24/h2-6,15-17H,7-14,18H2,1H3. The number of aromatic nitrogens is 1. The Labute approximate surface area is 188 Å². The second-order valence-corrected chi connectivity index (χ2v) is 8.14. The molecule has 1 saturated heterocycles. The predicted molar refractivity (Wildman–Crippen MR) is 123 cm³/mol. The van der Waals surface area contributed by atoms with Crippen molar-refractivity contribution in [3.05, 3.63) is 54.2 Å². The van der Waals surface area contributed by atoms with Crippen LogP contribution in [0.1, 0.15) is 5.56 Å². The fourth-order valence-electron chi connectivity index (χ4n) is 4.24. The predicted octanol–water partition coefficient (Wildman–Crippen LogP) is 3.21. The zero-order chi connectivity index (χ0) is 21.8. The van der Waals surface area contributed by atoms with E-state index in [1.165, 1.54) is 5.56 Å². The van der Waals surface area contributed by atoms with Gasteiger partial charge in [0, 0.05) is 44.7 Å². The largest absolute Gasteiger partial charge is 0.495 e. The lowest BCUT2D eigenvalue weighted by Crippen LogP contribution is -2.47. The first-order chi connectivity index (χ1) is 15.8. The topological polar surface area (TPSA) is 56.3 Å². The van der Waals surface area contributed by atoms with Gasteiger partial charge in [-0.3, -0.25) is 14.8 Å². The molecule has 32 heavy (non-hydrogen) atoms. The van der Waals surface area contributed by atoms with Crippen LogP contribution in [0.2, 0.25) is 0 Å². The first kappa shape index (κ1) is 20.8.